The van der Waals surface area contributed by atoms with Crippen molar-refractivity contribution in [2.24, 2.45) is 0 Å². The van der Waals surface area contributed by atoms with E-state index < -0.39 is 33.6 Å². The number of alkyl halides is 3. The molecule has 2 rings (SSSR count). The van der Waals surface area contributed by atoms with Crippen molar-refractivity contribution in [2.75, 3.05) is 29.5 Å². The number of rotatable bonds is 8. The number of nitrogens with zero attached hydrogens (tertiary/aromatic N) is 1. The second-order valence-corrected chi connectivity index (χ2v) is 8.51. The second kappa shape index (κ2) is 9.82. The van der Waals surface area contributed by atoms with E-state index >= 15 is 0 Å². The normalized spacial score (nSPS) is 11.6. The standard InChI is InChI=1S/C20H21F3N2O5S/c1-30-19(27)14-6-3-8-16(12-14)24-18(26)10-5-11-25(31(2,28)29)17-9-4-7-15(13-17)20(21,22)23/h3-4,6-9,12-13H,5,10-11H2,1-2H3,(H,24,26). The highest BCUT2D eigenvalue weighted by atomic mass is 32.2. The van der Waals surface area contributed by atoms with Gasteiger partial charge in [-0.15, -0.1) is 0 Å². The Labute approximate surface area is 177 Å². The zero-order valence-corrected chi connectivity index (χ0v) is 17.6. The molecule has 1 N–H and O–H groups in total. The van der Waals surface area contributed by atoms with Gasteiger partial charge in [-0.3, -0.25) is 9.10 Å². The zero-order valence-electron chi connectivity index (χ0n) is 16.8. The smallest absolute Gasteiger partial charge is 0.416 e. The molecule has 31 heavy (non-hydrogen) atoms. The van der Waals surface area contributed by atoms with Crippen LogP contribution in [0.1, 0.15) is 28.8 Å². The molecular weight excluding hydrogens is 437 g/mol. The highest BCUT2D eigenvalue weighted by molar-refractivity contribution is 7.92. The van der Waals surface area contributed by atoms with Gasteiger partial charge in [0.2, 0.25) is 15.9 Å². The number of nitrogens with one attached hydrogen (secondary N) is 1. The van der Waals surface area contributed by atoms with Gasteiger partial charge in [-0.2, -0.15) is 13.2 Å². The summed E-state index contributed by atoms with van der Waals surface area (Å²) in [4.78, 5) is 23.7. The highest BCUT2D eigenvalue weighted by Crippen LogP contribution is 2.32. The predicted octanol–water partition coefficient (Wildman–Crippen LogP) is 3.68. The lowest BCUT2D eigenvalue weighted by atomic mass is 10.2. The maximum atomic E-state index is 12.9. The van der Waals surface area contributed by atoms with Crippen molar-refractivity contribution in [2.45, 2.75) is 19.0 Å². The molecule has 0 bridgehead atoms. The predicted molar refractivity (Wildman–Crippen MR) is 109 cm³/mol. The molecule has 7 nitrogen and oxygen atoms in total. The molecule has 1 amide bonds. The van der Waals surface area contributed by atoms with Gasteiger partial charge in [0.25, 0.3) is 0 Å². The van der Waals surface area contributed by atoms with Crippen molar-refractivity contribution in [1.82, 2.24) is 0 Å². The first-order valence-corrected chi connectivity index (χ1v) is 10.9. The van der Waals surface area contributed by atoms with E-state index in [1.165, 1.54) is 25.3 Å². The Morgan fingerprint density at radius 3 is 2.39 bits per heavy atom. The van der Waals surface area contributed by atoms with E-state index in [2.05, 4.69) is 10.1 Å². The van der Waals surface area contributed by atoms with Crippen molar-refractivity contribution in [1.29, 1.82) is 0 Å². The van der Waals surface area contributed by atoms with Crippen LogP contribution in [0.2, 0.25) is 0 Å². The molecule has 2 aromatic carbocycles. The molecule has 0 atom stereocenters. The Bertz CT molecular complexity index is 1050. The summed E-state index contributed by atoms with van der Waals surface area (Å²) in [7, 11) is -2.64. The molecule has 0 saturated carbocycles. The monoisotopic (exact) mass is 458 g/mol. The van der Waals surface area contributed by atoms with Gasteiger partial charge < -0.3 is 10.1 Å². The zero-order chi connectivity index (χ0) is 23.2. The summed E-state index contributed by atoms with van der Waals surface area (Å²) in [5, 5.41) is 2.58. The third-order valence-electron chi connectivity index (χ3n) is 4.19. The average Bonchev–Trinajstić information content (AvgIpc) is 2.69. The van der Waals surface area contributed by atoms with Gasteiger partial charge >= 0.3 is 12.1 Å². The lowest BCUT2D eigenvalue weighted by Gasteiger charge is -2.23. The topological polar surface area (TPSA) is 92.8 Å². The van der Waals surface area contributed by atoms with E-state index in [1.54, 1.807) is 12.1 Å². The fourth-order valence-corrected chi connectivity index (χ4v) is 3.73. The second-order valence-electron chi connectivity index (χ2n) is 6.61. The SMILES string of the molecule is COC(=O)c1cccc(NC(=O)CCCN(c2cccc(C(F)(F)F)c2)S(C)(=O)=O)c1. The summed E-state index contributed by atoms with van der Waals surface area (Å²) in [6.45, 7) is -0.185. The Morgan fingerprint density at radius 2 is 1.77 bits per heavy atom. The van der Waals surface area contributed by atoms with Gasteiger partial charge in [0.15, 0.2) is 0 Å². The van der Waals surface area contributed by atoms with Gasteiger partial charge in [0.05, 0.1) is 30.2 Å². The number of esters is 1. The number of amides is 1. The number of sulfonamides is 1. The lowest BCUT2D eigenvalue weighted by molar-refractivity contribution is -0.137. The summed E-state index contributed by atoms with van der Waals surface area (Å²) in [6.07, 6.45) is -3.76. The Morgan fingerprint density at radius 1 is 1.10 bits per heavy atom. The molecular formula is C20H21F3N2O5S. The Hall–Kier alpha value is -3.08. The number of carbonyl (C=O) groups is 2. The number of hydrogen-bond donors (Lipinski definition) is 1. The third kappa shape index (κ3) is 6.99. The molecule has 0 saturated heterocycles. The fourth-order valence-electron chi connectivity index (χ4n) is 2.77. The van der Waals surface area contributed by atoms with Crippen LogP contribution in [0.4, 0.5) is 24.5 Å². The minimum Gasteiger partial charge on any atom is -0.465 e. The molecule has 0 aliphatic carbocycles. The molecule has 0 radical (unpaired) electrons. The number of methoxy groups -OCH3 is 1. The summed E-state index contributed by atoms with van der Waals surface area (Å²) in [6, 6.07) is 10.0. The van der Waals surface area contributed by atoms with Gasteiger partial charge in [0, 0.05) is 18.7 Å². The summed E-state index contributed by atoms with van der Waals surface area (Å²) < 4.78 is 68.4. The first-order valence-electron chi connectivity index (χ1n) is 9.05. The number of benzene rings is 2. The van der Waals surface area contributed by atoms with Crippen LogP contribution in [0.3, 0.4) is 0 Å². The number of halogens is 3. The first kappa shape index (κ1) is 24.2. The molecule has 0 aliphatic rings. The largest absolute Gasteiger partial charge is 0.465 e. The van der Waals surface area contributed by atoms with Gasteiger partial charge in [-0.1, -0.05) is 12.1 Å². The van der Waals surface area contributed by atoms with Crippen LogP contribution in [0.15, 0.2) is 48.5 Å². The van der Waals surface area contributed by atoms with E-state index in [-0.39, 0.29) is 30.6 Å². The Balaban J connectivity index is 2.04. The minimum atomic E-state index is -4.61. The molecule has 0 unspecified atom stereocenters. The molecule has 0 heterocycles. The molecule has 0 fully saturated rings. The van der Waals surface area contributed by atoms with Crippen molar-refractivity contribution < 1.29 is 35.9 Å². The number of carbonyl (C=O) groups excluding carboxylic acids is 2. The summed E-state index contributed by atoms with van der Waals surface area (Å²) >= 11 is 0. The van der Waals surface area contributed by atoms with Crippen LogP contribution >= 0.6 is 0 Å². The van der Waals surface area contributed by atoms with Crippen LogP contribution < -0.4 is 9.62 Å². The van der Waals surface area contributed by atoms with E-state index in [4.69, 9.17) is 0 Å². The van der Waals surface area contributed by atoms with E-state index in [9.17, 15) is 31.2 Å². The van der Waals surface area contributed by atoms with Crippen LogP contribution in [0, 0.1) is 0 Å². The molecule has 0 aromatic heterocycles. The van der Waals surface area contributed by atoms with E-state index in [0.29, 0.717) is 5.69 Å². The van der Waals surface area contributed by atoms with Crippen LogP contribution in [0.5, 0.6) is 0 Å². The fraction of sp³-hybridized carbons (Fsp3) is 0.300. The van der Waals surface area contributed by atoms with Crippen molar-refractivity contribution in [3.05, 3.63) is 59.7 Å². The number of anilines is 2. The molecule has 168 valence electrons. The van der Waals surface area contributed by atoms with Crippen LogP contribution in [0.25, 0.3) is 0 Å². The maximum Gasteiger partial charge on any atom is 0.416 e. The quantitative estimate of drug-likeness (QED) is 0.610. The number of hydrogen-bond acceptors (Lipinski definition) is 5. The van der Waals surface area contributed by atoms with Crippen molar-refractivity contribution in [3.63, 3.8) is 0 Å². The van der Waals surface area contributed by atoms with Crippen LogP contribution in [-0.2, 0) is 25.7 Å². The van der Waals surface area contributed by atoms with Gasteiger partial charge in [0.1, 0.15) is 0 Å². The molecule has 2 aromatic rings. The first-order chi connectivity index (χ1) is 14.4. The summed E-state index contributed by atoms with van der Waals surface area (Å²) in [5.41, 5.74) is -0.510. The maximum absolute atomic E-state index is 12.9. The van der Waals surface area contributed by atoms with Gasteiger partial charge in [-0.25, -0.2) is 13.2 Å². The number of ether oxygens (including phenoxy) is 1. The highest BCUT2D eigenvalue weighted by Gasteiger charge is 2.31. The Kier molecular flexibility index (Phi) is 7.66. The van der Waals surface area contributed by atoms with Crippen molar-refractivity contribution in [3.8, 4) is 0 Å². The van der Waals surface area contributed by atoms with E-state index in [0.717, 1.165) is 28.8 Å². The van der Waals surface area contributed by atoms with Crippen LogP contribution in [-0.4, -0.2) is 40.2 Å². The lowest BCUT2D eigenvalue weighted by Crippen LogP contribution is -2.31. The van der Waals surface area contributed by atoms with E-state index in [1.807, 2.05) is 0 Å². The third-order valence-corrected chi connectivity index (χ3v) is 5.39. The molecule has 11 heteroatoms. The minimum absolute atomic E-state index is 0.0614. The van der Waals surface area contributed by atoms with Gasteiger partial charge in [-0.05, 0) is 42.8 Å². The summed E-state index contributed by atoms with van der Waals surface area (Å²) in [5.74, 6) is -1.01. The van der Waals surface area contributed by atoms with Crippen molar-refractivity contribution >= 4 is 33.3 Å². The average molecular weight is 458 g/mol. The molecule has 0 aliphatic heterocycles. The molecule has 0 spiro atoms.